The first-order valence-corrected chi connectivity index (χ1v) is 19.5. The van der Waals surface area contributed by atoms with E-state index in [-0.39, 0.29) is 0 Å². The van der Waals surface area contributed by atoms with Crippen LogP contribution in [0.1, 0.15) is 0 Å². The summed E-state index contributed by atoms with van der Waals surface area (Å²) >= 11 is 1.76. The molecule has 0 aliphatic heterocycles. The summed E-state index contributed by atoms with van der Waals surface area (Å²) in [5.41, 5.74) is 7.50. The molecule has 0 saturated heterocycles. The topological polar surface area (TPSA) is 90.7 Å². The Morgan fingerprint density at radius 3 is 1.67 bits per heavy atom. The van der Waals surface area contributed by atoms with Crippen LogP contribution in [0.25, 0.3) is 121 Å². The normalized spacial score (nSPS) is 11.9. The molecule has 4 aromatic heterocycles. The molecule has 0 saturated carbocycles. The van der Waals surface area contributed by atoms with Crippen LogP contribution in [0.4, 0.5) is 0 Å². The van der Waals surface area contributed by atoms with Crippen molar-refractivity contribution in [3.05, 3.63) is 164 Å². The third kappa shape index (κ3) is 5.30. The summed E-state index contributed by atoms with van der Waals surface area (Å²) in [6, 6.07) is 55.5. The van der Waals surface area contributed by atoms with Crippen LogP contribution in [0.5, 0.6) is 0 Å². The lowest BCUT2D eigenvalue weighted by atomic mass is 10.0. The summed E-state index contributed by atoms with van der Waals surface area (Å²) < 4.78 is 14.8. The van der Waals surface area contributed by atoms with Crippen molar-refractivity contribution in [1.29, 1.82) is 0 Å². The number of benzene rings is 8. The number of hydrogen-bond donors (Lipinski definition) is 0. The Labute approximate surface area is 328 Å². The molecule has 12 rings (SSSR count). The van der Waals surface area contributed by atoms with Gasteiger partial charge in [0.25, 0.3) is 0 Å². The molecule has 0 fully saturated rings. The van der Waals surface area contributed by atoms with Crippen molar-refractivity contribution in [2.24, 2.45) is 0 Å². The molecular formula is C49H27N5O2S. The van der Waals surface area contributed by atoms with Gasteiger partial charge in [-0.25, -0.2) is 24.9 Å². The minimum atomic E-state index is 0.548. The van der Waals surface area contributed by atoms with Gasteiger partial charge in [-0.2, -0.15) is 0 Å². The Morgan fingerprint density at radius 2 is 0.912 bits per heavy atom. The number of fused-ring (bicyclic) bond motifs is 9. The molecule has 0 aliphatic carbocycles. The van der Waals surface area contributed by atoms with Crippen molar-refractivity contribution in [2.45, 2.75) is 0 Å². The van der Waals surface area contributed by atoms with E-state index in [9.17, 15) is 0 Å². The first-order valence-electron chi connectivity index (χ1n) is 18.6. The third-order valence-electron chi connectivity index (χ3n) is 10.6. The van der Waals surface area contributed by atoms with E-state index in [2.05, 4.69) is 66.7 Å². The first-order chi connectivity index (χ1) is 28.2. The average molecular weight is 750 g/mol. The Kier molecular flexibility index (Phi) is 6.96. The predicted octanol–water partition coefficient (Wildman–Crippen LogP) is 13.2. The summed E-state index contributed by atoms with van der Waals surface area (Å²) in [4.78, 5) is 25.3. The van der Waals surface area contributed by atoms with Gasteiger partial charge >= 0.3 is 0 Å². The van der Waals surface area contributed by atoms with E-state index in [0.29, 0.717) is 34.8 Å². The molecule has 0 bridgehead atoms. The van der Waals surface area contributed by atoms with Gasteiger partial charge in [0.2, 0.25) is 11.8 Å². The fourth-order valence-electron chi connectivity index (χ4n) is 7.77. The van der Waals surface area contributed by atoms with Gasteiger partial charge < -0.3 is 8.83 Å². The van der Waals surface area contributed by atoms with E-state index in [1.54, 1.807) is 11.3 Å². The number of oxazole rings is 2. The molecule has 8 heteroatoms. The van der Waals surface area contributed by atoms with Gasteiger partial charge in [-0.15, -0.1) is 11.3 Å². The van der Waals surface area contributed by atoms with Gasteiger partial charge in [0, 0.05) is 48.0 Å². The maximum Gasteiger partial charge on any atom is 0.227 e. The number of hydrogen-bond acceptors (Lipinski definition) is 8. The van der Waals surface area contributed by atoms with Crippen molar-refractivity contribution in [2.75, 3.05) is 0 Å². The molecule has 0 spiro atoms. The molecule has 266 valence electrons. The molecule has 0 radical (unpaired) electrons. The standard InChI is InChI=1S/C49H27N5O2S/c1-3-10-30(11-4-1)48-50-37-27-35(19-21-38(37)55-48)47-53-45(33-17-15-28-9-7-8-14-32(28)25-33)52-46(54-47)34-18-16-29-20-23-40-42(36(29)26-34)43-41(57-40)24-22-39-44(43)51-49(56-39)31-12-5-2-6-13-31/h1-27H. The minimum Gasteiger partial charge on any atom is -0.436 e. The molecule has 0 N–H and O–H groups in total. The largest absolute Gasteiger partial charge is 0.436 e. The zero-order valence-corrected chi connectivity index (χ0v) is 30.9. The van der Waals surface area contributed by atoms with Crippen LogP contribution in [0.2, 0.25) is 0 Å². The first kappa shape index (κ1) is 31.8. The number of rotatable bonds is 5. The zero-order chi connectivity index (χ0) is 37.5. The van der Waals surface area contributed by atoms with Gasteiger partial charge in [0.05, 0.1) is 0 Å². The van der Waals surface area contributed by atoms with E-state index in [1.165, 1.54) is 4.70 Å². The van der Waals surface area contributed by atoms with Gasteiger partial charge in [0.15, 0.2) is 28.6 Å². The second kappa shape index (κ2) is 12.5. The lowest BCUT2D eigenvalue weighted by molar-refractivity contribution is 0.619. The maximum absolute atomic E-state index is 6.33. The smallest absolute Gasteiger partial charge is 0.227 e. The lowest BCUT2D eigenvalue weighted by Gasteiger charge is -2.10. The van der Waals surface area contributed by atoms with Crippen LogP contribution >= 0.6 is 11.3 Å². The zero-order valence-electron chi connectivity index (χ0n) is 30.0. The molecule has 0 amide bonds. The monoisotopic (exact) mass is 749 g/mol. The van der Waals surface area contributed by atoms with Gasteiger partial charge in [0.1, 0.15) is 11.0 Å². The Morgan fingerprint density at radius 1 is 0.368 bits per heavy atom. The van der Waals surface area contributed by atoms with Crippen molar-refractivity contribution in [3.8, 4) is 57.1 Å². The van der Waals surface area contributed by atoms with Crippen molar-refractivity contribution in [3.63, 3.8) is 0 Å². The van der Waals surface area contributed by atoms with Gasteiger partial charge in [-0.3, -0.25) is 0 Å². The molecule has 57 heavy (non-hydrogen) atoms. The summed E-state index contributed by atoms with van der Waals surface area (Å²) in [5, 5.41) is 6.71. The number of nitrogens with zero attached hydrogens (tertiary/aromatic N) is 5. The second-order valence-electron chi connectivity index (χ2n) is 14.1. The highest BCUT2D eigenvalue weighted by Crippen LogP contribution is 2.43. The summed E-state index contributed by atoms with van der Waals surface area (Å²) in [6.07, 6.45) is 0. The lowest BCUT2D eigenvalue weighted by Crippen LogP contribution is -2.00. The molecule has 8 aromatic carbocycles. The fraction of sp³-hybridized carbons (Fsp3) is 0. The highest BCUT2D eigenvalue weighted by molar-refractivity contribution is 7.26. The van der Waals surface area contributed by atoms with Gasteiger partial charge in [-0.1, -0.05) is 91.0 Å². The van der Waals surface area contributed by atoms with Crippen molar-refractivity contribution >= 4 is 75.3 Å². The van der Waals surface area contributed by atoms with E-state index in [0.717, 1.165) is 81.5 Å². The molecule has 7 nitrogen and oxygen atoms in total. The van der Waals surface area contributed by atoms with Crippen molar-refractivity contribution < 1.29 is 8.83 Å². The summed E-state index contributed by atoms with van der Waals surface area (Å²) in [5.74, 6) is 2.88. The van der Waals surface area contributed by atoms with Crippen LogP contribution in [-0.2, 0) is 0 Å². The molecule has 0 aliphatic rings. The number of thiophene rings is 1. The van der Waals surface area contributed by atoms with Crippen LogP contribution < -0.4 is 0 Å². The van der Waals surface area contributed by atoms with E-state index >= 15 is 0 Å². The second-order valence-corrected chi connectivity index (χ2v) is 15.2. The number of aromatic nitrogens is 5. The Hall–Kier alpha value is -7.55. The van der Waals surface area contributed by atoms with E-state index < -0.39 is 0 Å². The van der Waals surface area contributed by atoms with Crippen LogP contribution in [-0.4, -0.2) is 24.9 Å². The van der Waals surface area contributed by atoms with Crippen LogP contribution in [0.3, 0.4) is 0 Å². The Balaban J connectivity index is 1.06. The molecule has 0 unspecified atom stereocenters. The van der Waals surface area contributed by atoms with Crippen molar-refractivity contribution in [1.82, 2.24) is 24.9 Å². The highest BCUT2D eigenvalue weighted by Gasteiger charge is 2.19. The van der Waals surface area contributed by atoms with Crippen LogP contribution in [0.15, 0.2) is 173 Å². The minimum absolute atomic E-state index is 0.548. The summed E-state index contributed by atoms with van der Waals surface area (Å²) in [6.45, 7) is 0. The quantitative estimate of drug-likeness (QED) is 0.173. The fourth-order valence-corrected chi connectivity index (χ4v) is 8.89. The molecule has 12 aromatic rings. The average Bonchev–Trinajstić information content (AvgIpc) is 4.02. The maximum atomic E-state index is 6.33. The SMILES string of the molecule is c1ccc(-c2nc3cc(-c4nc(-c5ccc6ccccc6c5)nc(-c5ccc6ccc7sc8ccc9oc(-c%10ccccc%10)nc9c8c7c6c5)n4)ccc3o2)cc1. The van der Waals surface area contributed by atoms with E-state index in [4.69, 9.17) is 33.8 Å². The van der Waals surface area contributed by atoms with Gasteiger partial charge in [-0.05, 0) is 94.3 Å². The molecule has 0 atom stereocenters. The molecule has 4 heterocycles. The predicted molar refractivity (Wildman–Crippen MR) is 230 cm³/mol. The van der Waals surface area contributed by atoms with E-state index in [1.807, 2.05) is 97.1 Å². The summed E-state index contributed by atoms with van der Waals surface area (Å²) in [7, 11) is 0. The highest BCUT2D eigenvalue weighted by atomic mass is 32.1. The molecular weight excluding hydrogens is 723 g/mol. The van der Waals surface area contributed by atoms with Crippen LogP contribution in [0, 0.1) is 0 Å². The third-order valence-corrected chi connectivity index (χ3v) is 11.7. The Bertz CT molecular complexity index is 3540.